The molecule has 0 saturated heterocycles. The fourth-order valence-electron chi connectivity index (χ4n) is 2.03. The molecule has 0 radical (unpaired) electrons. The predicted octanol–water partition coefficient (Wildman–Crippen LogP) is 2.54. The molecule has 1 aromatic carbocycles. The van der Waals surface area contributed by atoms with Crippen molar-refractivity contribution in [2.75, 3.05) is 13.2 Å². The lowest BCUT2D eigenvalue weighted by atomic mass is 10.2. The van der Waals surface area contributed by atoms with Crippen LogP contribution in [0.4, 0.5) is 0 Å². The van der Waals surface area contributed by atoms with Gasteiger partial charge in [0.15, 0.2) is 0 Å². The van der Waals surface area contributed by atoms with Crippen LogP contribution in [-0.4, -0.2) is 22.9 Å². The topological polar surface area (TPSA) is 39.1 Å². The van der Waals surface area contributed by atoms with Gasteiger partial charge in [-0.2, -0.15) is 5.10 Å². The summed E-state index contributed by atoms with van der Waals surface area (Å²) in [5.41, 5.74) is 2.52. The molecule has 4 nitrogen and oxygen atoms in total. The van der Waals surface area contributed by atoms with Crippen molar-refractivity contribution in [2.24, 2.45) is 7.05 Å². The van der Waals surface area contributed by atoms with Crippen molar-refractivity contribution < 1.29 is 4.74 Å². The van der Waals surface area contributed by atoms with E-state index in [-0.39, 0.29) is 0 Å². The number of ether oxygens (including phenoxy) is 1. The molecule has 0 spiro atoms. The molecule has 2 rings (SSSR count). The van der Waals surface area contributed by atoms with E-state index < -0.39 is 0 Å². The van der Waals surface area contributed by atoms with Crippen molar-refractivity contribution >= 4 is 0 Å². The molecule has 0 atom stereocenters. The zero-order valence-electron chi connectivity index (χ0n) is 12.3. The minimum Gasteiger partial charge on any atom is -0.494 e. The quantitative estimate of drug-likeness (QED) is 0.751. The van der Waals surface area contributed by atoms with Crippen LogP contribution >= 0.6 is 0 Å². The second-order valence-corrected chi connectivity index (χ2v) is 4.94. The van der Waals surface area contributed by atoms with Gasteiger partial charge in [0.05, 0.1) is 12.8 Å². The molecular weight excluding hydrogens is 250 g/mol. The predicted molar refractivity (Wildman–Crippen MR) is 80.8 cm³/mol. The second kappa shape index (κ2) is 7.70. The highest BCUT2D eigenvalue weighted by molar-refractivity contribution is 5.28. The summed E-state index contributed by atoms with van der Waals surface area (Å²) in [4.78, 5) is 0. The summed E-state index contributed by atoms with van der Waals surface area (Å²) in [6.07, 6.45) is 6.01. The van der Waals surface area contributed by atoms with Gasteiger partial charge in [-0.3, -0.25) is 4.68 Å². The molecule has 1 heterocycles. The Hall–Kier alpha value is -1.81. The van der Waals surface area contributed by atoms with Crippen LogP contribution in [0, 0.1) is 0 Å². The Morgan fingerprint density at radius 3 is 2.95 bits per heavy atom. The Kier molecular flexibility index (Phi) is 5.62. The summed E-state index contributed by atoms with van der Waals surface area (Å²) in [7, 11) is 1.94. The van der Waals surface area contributed by atoms with Crippen molar-refractivity contribution in [3.05, 3.63) is 47.8 Å². The summed E-state index contributed by atoms with van der Waals surface area (Å²) in [5.74, 6) is 0.957. The van der Waals surface area contributed by atoms with Crippen molar-refractivity contribution in [3.8, 4) is 5.75 Å². The summed E-state index contributed by atoms with van der Waals surface area (Å²) in [6.45, 7) is 4.71. The van der Waals surface area contributed by atoms with Gasteiger partial charge >= 0.3 is 0 Å². The average molecular weight is 273 g/mol. The van der Waals surface area contributed by atoms with E-state index in [0.717, 1.165) is 38.3 Å². The summed E-state index contributed by atoms with van der Waals surface area (Å²) in [5, 5.41) is 7.62. The summed E-state index contributed by atoms with van der Waals surface area (Å²) >= 11 is 0. The van der Waals surface area contributed by atoms with Gasteiger partial charge in [0.1, 0.15) is 5.75 Å². The Labute approximate surface area is 120 Å². The van der Waals surface area contributed by atoms with Crippen LogP contribution in [0.3, 0.4) is 0 Å². The third-order valence-corrected chi connectivity index (χ3v) is 3.05. The van der Waals surface area contributed by atoms with Gasteiger partial charge in [0.25, 0.3) is 0 Å². The molecule has 0 aliphatic heterocycles. The maximum Gasteiger partial charge on any atom is 0.119 e. The first kappa shape index (κ1) is 14.6. The van der Waals surface area contributed by atoms with Gasteiger partial charge in [-0.1, -0.05) is 19.1 Å². The first-order valence-electron chi connectivity index (χ1n) is 7.18. The number of nitrogens with one attached hydrogen (secondary N) is 1. The highest BCUT2D eigenvalue weighted by Gasteiger charge is 1.98. The number of hydrogen-bond donors (Lipinski definition) is 1. The number of benzene rings is 1. The van der Waals surface area contributed by atoms with E-state index in [4.69, 9.17) is 4.74 Å². The van der Waals surface area contributed by atoms with Crippen LogP contribution in [0.1, 0.15) is 24.5 Å². The zero-order valence-corrected chi connectivity index (χ0v) is 12.3. The van der Waals surface area contributed by atoms with Gasteiger partial charge in [-0.05, 0) is 42.6 Å². The molecule has 0 saturated carbocycles. The lowest BCUT2D eigenvalue weighted by Gasteiger charge is -2.08. The van der Waals surface area contributed by atoms with Crippen molar-refractivity contribution in [1.29, 1.82) is 0 Å². The smallest absolute Gasteiger partial charge is 0.119 e. The molecule has 0 aliphatic rings. The highest BCUT2D eigenvalue weighted by atomic mass is 16.5. The molecular formula is C16H23N3O. The first-order chi connectivity index (χ1) is 9.78. The standard InChI is InChI=1S/C16H23N3O/c1-3-9-20-16-6-4-5-14(10-16)11-17-8-7-15-12-18-19(2)13-15/h4-6,10,12-13,17H,3,7-9,11H2,1-2H3. The number of hydrogen-bond acceptors (Lipinski definition) is 3. The van der Waals surface area contributed by atoms with Gasteiger partial charge in [0, 0.05) is 19.8 Å². The van der Waals surface area contributed by atoms with Crippen LogP contribution < -0.4 is 10.1 Å². The molecule has 0 aliphatic carbocycles. The average Bonchev–Trinajstić information content (AvgIpc) is 2.87. The molecule has 0 unspecified atom stereocenters. The van der Waals surface area contributed by atoms with Gasteiger partial charge < -0.3 is 10.1 Å². The van der Waals surface area contributed by atoms with Crippen LogP contribution in [0.25, 0.3) is 0 Å². The lowest BCUT2D eigenvalue weighted by molar-refractivity contribution is 0.317. The van der Waals surface area contributed by atoms with Crippen molar-refractivity contribution in [2.45, 2.75) is 26.3 Å². The first-order valence-corrected chi connectivity index (χ1v) is 7.18. The van der Waals surface area contributed by atoms with Crippen molar-refractivity contribution in [1.82, 2.24) is 15.1 Å². The molecule has 0 fully saturated rings. The fraction of sp³-hybridized carbons (Fsp3) is 0.438. The maximum absolute atomic E-state index is 5.64. The molecule has 0 amide bonds. The molecule has 1 aromatic heterocycles. The summed E-state index contributed by atoms with van der Waals surface area (Å²) in [6, 6.07) is 8.28. The molecule has 2 aromatic rings. The number of nitrogens with zero attached hydrogens (tertiary/aromatic N) is 2. The van der Waals surface area contributed by atoms with E-state index in [9.17, 15) is 0 Å². The van der Waals surface area contributed by atoms with E-state index in [1.807, 2.05) is 30.1 Å². The van der Waals surface area contributed by atoms with E-state index in [1.165, 1.54) is 11.1 Å². The summed E-state index contributed by atoms with van der Waals surface area (Å²) < 4.78 is 7.47. The Morgan fingerprint density at radius 2 is 2.20 bits per heavy atom. The Bertz CT molecular complexity index is 522. The van der Waals surface area contributed by atoms with Crippen LogP contribution in [-0.2, 0) is 20.0 Å². The van der Waals surface area contributed by atoms with Crippen molar-refractivity contribution in [3.63, 3.8) is 0 Å². The van der Waals surface area contributed by atoms with E-state index in [1.54, 1.807) is 0 Å². The Morgan fingerprint density at radius 1 is 1.30 bits per heavy atom. The third kappa shape index (κ3) is 4.70. The van der Waals surface area contributed by atoms with Gasteiger partial charge in [-0.15, -0.1) is 0 Å². The maximum atomic E-state index is 5.64. The largest absolute Gasteiger partial charge is 0.494 e. The molecule has 4 heteroatoms. The molecule has 0 bridgehead atoms. The number of rotatable bonds is 8. The SMILES string of the molecule is CCCOc1cccc(CNCCc2cnn(C)c2)c1. The second-order valence-electron chi connectivity index (χ2n) is 4.94. The number of aryl methyl sites for hydroxylation is 1. The van der Waals surface area contributed by atoms with Crippen LogP contribution in [0.5, 0.6) is 5.75 Å². The molecule has 1 N–H and O–H groups in total. The minimum absolute atomic E-state index is 0.776. The third-order valence-electron chi connectivity index (χ3n) is 3.05. The Balaban J connectivity index is 1.73. The fourth-order valence-corrected chi connectivity index (χ4v) is 2.03. The minimum atomic E-state index is 0.776. The van der Waals surface area contributed by atoms with E-state index in [2.05, 4.69) is 35.7 Å². The lowest BCUT2D eigenvalue weighted by Crippen LogP contribution is -2.16. The van der Waals surface area contributed by atoms with Gasteiger partial charge in [0.2, 0.25) is 0 Å². The van der Waals surface area contributed by atoms with E-state index in [0.29, 0.717) is 0 Å². The van der Waals surface area contributed by atoms with E-state index >= 15 is 0 Å². The molecule has 20 heavy (non-hydrogen) atoms. The number of aromatic nitrogens is 2. The highest BCUT2D eigenvalue weighted by Crippen LogP contribution is 2.13. The van der Waals surface area contributed by atoms with Crippen LogP contribution in [0.2, 0.25) is 0 Å². The normalized spacial score (nSPS) is 10.7. The monoisotopic (exact) mass is 273 g/mol. The van der Waals surface area contributed by atoms with Gasteiger partial charge in [-0.25, -0.2) is 0 Å². The van der Waals surface area contributed by atoms with Crippen LogP contribution in [0.15, 0.2) is 36.7 Å². The zero-order chi connectivity index (χ0) is 14.2. The molecule has 108 valence electrons.